The van der Waals surface area contributed by atoms with Crippen LogP contribution in [0.3, 0.4) is 0 Å². The fourth-order valence-corrected chi connectivity index (χ4v) is 5.10. The van der Waals surface area contributed by atoms with Gasteiger partial charge >= 0.3 is 12.1 Å². The Morgan fingerprint density at radius 2 is 1.80 bits per heavy atom. The van der Waals surface area contributed by atoms with Crippen LogP contribution in [-0.2, 0) is 20.5 Å². The van der Waals surface area contributed by atoms with Crippen LogP contribution in [0.25, 0.3) is 0 Å². The van der Waals surface area contributed by atoms with E-state index in [4.69, 9.17) is 5.26 Å². The van der Waals surface area contributed by atoms with Gasteiger partial charge in [0.15, 0.2) is 5.50 Å². The molecule has 2 amide bonds. The number of methoxy groups -OCH3 is 1. The minimum atomic E-state index is -4.83. The Kier molecular flexibility index (Phi) is 9.35. The first kappa shape index (κ1) is 30.7. The summed E-state index contributed by atoms with van der Waals surface area (Å²) in [5.41, 5.74) is -4.43. The molecule has 1 N–H and O–H groups in total. The van der Waals surface area contributed by atoms with Crippen LogP contribution in [0, 0.1) is 17.1 Å². The van der Waals surface area contributed by atoms with E-state index in [9.17, 15) is 27.6 Å². The maximum Gasteiger partial charge on any atom is 0.417 e. The normalized spacial score (nSPS) is 16.6. The van der Waals surface area contributed by atoms with E-state index in [1.165, 1.54) is 50.1 Å². The molecule has 1 heterocycles. The number of hydrogen-bond donors (Lipinski definition) is 2. The predicted molar refractivity (Wildman–Crippen MR) is 142 cm³/mol. The zero-order valence-electron chi connectivity index (χ0n) is 22.0. The topological polar surface area (TPSA) is 103 Å². The lowest BCUT2D eigenvalue weighted by molar-refractivity contribution is -0.141. The number of amides is 2. The van der Waals surface area contributed by atoms with Gasteiger partial charge in [-0.25, -0.2) is 4.39 Å². The molecule has 1 unspecified atom stereocenters. The lowest BCUT2D eigenvalue weighted by Crippen LogP contribution is -2.45. The zero-order valence-corrected chi connectivity index (χ0v) is 22.9. The van der Waals surface area contributed by atoms with Gasteiger partial charge in [0.2, 0.25) is 0 Å². The van der Waals surface area contributed by atoms with E-state index in [1.54, 1.807) is 0 Å². The number of ether oxygens (including phenoxy) is 1. The molecule has 1 saturated heterocycles. The fourth-order valence-electron chi connectivity index (χ4n) is 4.44. The van der Waals surface area contributed by atoms with Crippen molar-refractivity contribution < 1.29 is 36.7 Å². The number of anilines is 2. The van der Waals surface area contributed by atoms with Gasteiger partial charge in [0.05, 0.1) is 29.9 Å². The number of alkyl halides is 3. The summed E-state index contributed by atoms with van der Waals surface area (Å²) in [6, 6.07) is 8.15. The highest BCUT2D eigenvalue weighted by molar-refractivity contribution is 7.81. The van der Waals surface area contributed by atoms with Gasteiger partial charge in [0.25, 0.3) is 11.8 Å². The van der Waals surface area contributed by atoms with Crippen LogP contribution in [0.5, 0.6) is 0 Å². The second-order valence-electron chi connectivity index (χ2n) is 9.60. The number of carbonyl (C=O) groups is 3. The Hall–Kier alpha value is -3.79. The molecule has 0 aliphatic carbocycles. The van der Waals surface area contributed by atoms with Crippen LogP contribution in [0.2, 0.25) is 0 Å². The first-order valence-corrected chi connectivity index (χ1v) is 12.8. The molecule has 2 aromatic rings. The van der Waals surface area contributed by atoms with E-state index >= 15 is 4.39 Å². The van der Waals surface area contributed by atoms with E-state index in [2.05, 4.69) is 22.7 Å². The van der Waals surface area contributed by atoms with E-state index in [1.807, 2.05) is 0 Å². The third-order valence-electron chi connectivity index (χ3n) is 6.56. The Bertz CT molecular complexity index is 1340. The molecule has 0 spiro atoms. The summed E-state index contributed by atoms with van der Waals surface area (Å²) >= 11 is 4.48. The van der Waals surface area contributed by atoms with Gasteiger partial charge in [0.1, 0.15) is 11.4 Å². The molecule has 0 radical (unpaired) electrons. The lowest BCUT2D eigenvalue weighted by Gasteiger charge is -2.33. The van der Waals surface area contributed by atoms with Crippen molar-refractivity contribution in [2.45, 2.75) is 56.7 Å². The SMILES string of the molecule is COC(=O)CCCCCNC(=O)c1ccc(N2C(S)N(c3ccc(C#N)c(C(F)(F)F)c3)C(=O)C2(C)C)cc1F. The maximum absolute atomic E-state index is 15.1. The third kappa shape index (κ3) is 6.33. The number of nitriles is 1. The summed E-state index contributed by atoms with van der Waals surface area (Å²) in [5, 5.41) is 11.7. The van der Waals surface area contributed by atoms with Gasteiger partial charge in [-0.05, 0) is 63.1 Å². The van der Waals surface area contributed by atoms with Crippen molar-refractivity contribution in [3.63, 3.8) is 0 Å². The zero-order chi connectivity index (χ0) is 29.8. The monoisotopic (exact) mass is 580 g/mol. The summed E-state index contributed by atoms with van der Waals surface area (Å²) in [6.45, 7) is 3.31. The van der Waals surface area contributed by atoms with Crippen molar-refractivity contribution in [3.05, 3.63) is 58.9 Å². The highest BCUT2D eigenvalue weighted by atomic mass is 32.1. The molecule has 1 aliphatic heterocycles. The highest BCUT2D eigenvalue weighted by Gasteiger charge is 2.51. The number of rotatable bonds is 9. The molecular formula is C27H28F4N4O4S. The molecular weight excluding hydrogens is 552 g/mol. The Labute approximate surface area is 234 Å². The van der Waals surface area contributed by atoms with Crippen LogP contribution < -0.4 is 15.1 Å². The Balaban J connectivity index is 1.79. The summed E-state index contributed by atoms with van der Waals surface area (Å²) < 4.78 is 60.2. The quantitative estimate of drug-likeness (QED) is 0.187. The van der Waals surface area contributed by atoms with Gasteiger partial charge in [-0.2, -0.15) is 18.4 Å². The van der Waals surface area contributed by atoms with E-state index in [-0.39, 0.29) is 35.9 Å². The Morgan fingerprint density at radius 3 is 2.40 bits per heavy atom. The number of hydrogen-bond acceptors (Lipinski definition) is 7. The highest BCUT2D eigenvalue weighted by Crippen LogP contribution is 2.42. The number of halogens is 4. The molecule has 1 fully saturated rings. The molecule has 0 bridgehead atoms. The average Bonchev–Trinajstić information content (AvgIpc) is 3.07. The average molecular weight is 581 g/mol. The minimum absolute atomic E-state index is 0.130. The summed E-state index contributed by atoms with van der Waals surface area (Å²) in [6.07, 6.45) is -2.72. The molecule has 40 heavy (non-hydrogen) atoms. The molecule has 2 aromatic carbocycles. The van der Waals surface area contributed by atoms with Crippen LogP contribution in [0.1, 0.15) is 61.0 Å². The minimum Gasteiger partial charge on any atom is -0.469 e. The van der Waals surface area contributed by atoms with Gasteiger partial charge in [0, 0.05) is 24.3 Å². The van der Waals surface area contributed by atoms with E-state index in [0.29, 0.717) is 25.3 Å². The number of nitrogens with one attached hydrogen (secondary N) is 1. The van der Waals surface area contributed by atoms with Crippen molar-refractivity contribution in [2.75, 3.05) is 23.5 Å². The largest absolute Gasteiger partial charge is 0.469 e. The number of thiol groups is 1. The van der Waals surface area contributed by atoms with Gasteiger partial charge < -0.3 is 15.0 Å². The van der Waals surface area contributed by atoms with Crippen molar-refractivity contribution in [1.82, 2.24) is 5.32 Å². The molecule has 3 rings (SSSR count). The number of unbranched alkanes of at least 4 members (excludes halogenated alkanes) is 2. The maximum atomic E-state index is 15.1. The molecule has 0 aromatic heterocycles. The second kappa shape index (κ2) is 12.2. The number of esters is 1. The summed E-state index contributed by atoms with van der Waals surface area (Å²) in [7, 11) is 1.31. The first-order valence-electron chi connectivity index (χ1n) is 12.3. The van der Waals surface area contributed by atoms with Crippen LogP contribution in [-0.4, -0.2) is 42.5 Å². The molecule has 1 atom stereocenters. The van der Waals surface area contributed by atoms with Crippen LogP contribution >= 0.6 is 12.6 Å². The van der Waals surface area contributed by atoms with Crippen molar-refractivity contribution in [3.8, 4) is 6.07 Å². The van der Waals surface area contributed by atoms with Crippen LogP contribution in [0.15, 0.2) is 36.4 Å². The molecule has 8 nitrogen and oxygen atoms in total. The van der Waals surface area contributed by atoms with Crippen molar-refractivity contribution in [2.24, 2.45) is 0 Å². The van der Waals surface area contributed by atoms with Gasteiger partial charge in [-0.1, -0.05) is 6.42 Å². The predicted octanol–water partition coefficient (Wildman–Crippen LogP) is 5.02. The Morgan fingerprint density at radius 1 is 1.12 bits per heavy atom. The number of nitrogens with zero attached hydrogens (tertiary/aromatic N) is 3. The molecule has 0 saturated carbocycles. The number of carbonyl (C=O) groups excluding carboxylic acids is 3. The summed E-state index contributed by atoms with van der Waals surface area (Å²) in [5.74, 6) is -2.42. The second-order valence-corrected chi connectivity index (χ2v) is 10.1. The van der Waals surface area contributed by atoms with Gasteiger partial charge in [-0.15, -0.1) is 12.6 Å². The van der Waals surface area contributed by atoms with Crippen LogP contribution in [0.4, 0.5) is 28.9 Å². The van der Waals surface area contributed by atoms with Crippen molar-refractivity contribution in [1.29, 1.82) is 5.26 Å². The fraction of sp³-hybridized carbons (Fsp3) is 0.407. The first-order chi connectivity index (χ1) is 18.7. The lowest BCUT2D eigenvalue weighted by atomic mass is 10.0. The number of benzene rings is 2. The summed E-state index contributed by atoms with van der Waals surface area (Å²) in [4.78, 5) is 39.4. The molecule has 13 heteroatoms. The standard InChI is InChI=1S/C27H28F4N4O4S/c1-26(2)24(38)34(17-9-8-16(15-32)20(13-17)27(29,30)31)25(40)35(26)18-10-11-19(21(28)14-18)23(37)33-12-6-4-5-7-22(36)39-3/h8-11,13-14,25,40H,4-7,12H2,1-3H3,(H,33,37). The van der Waals surface area contributed by atoms with Crippen molar-refractivity contribution >= 4 is 41.8 Å². The third-order valence-corrected chi connectivity index (χ3v) is 7.02. The van der Waals surface area contributed by atoms with Gasteiger partial charge in [-0.3, -0.25) is 19.3 Å². The van der Waals surface area contributed by atoms with E-state index < -0.39 is 46.0 Å². The molecule has 1 aliphatic rings. The molecule has 214 valence electrons. The smallest absolute Gasteiger partial charge is 0.417 e. The van der Waals surface area contributed by atoms with E-state index in [0.717, 1.165) is 17.0 Å².